The van der Waals surface area contributed by atoms with Gasteiger partial charge < -0.3 is 9.15 Å². The third kappa shape index (κ3) is 3.17. The van der Waals surface area contributed by atoms with E-state index in [0.717, 1.165) is 5.56 Å². The highest BCUT2D eigenvalue weighted by Crippen LogP contribution is 2.21. The largest absolute Gasteiger partial charge is 0.496 e. The third-order valence-electron chi connectivity index (χ3n) is 2.76. The summed E-state index contributed by atoms with van der Waals surface area (Å²) in [5.74, 6) is 1.61. The van der Waals surface area contributed by atoms with Crippen molar-refractivity contribution in [2.75, 3.05) is 7.11 Å². The Bertz CT molecular complexity index is 707. The molecule has 0 spiro atoms. The summed E-state index contributed by atoms with van der Waals surface area (Å²) >= 11 is 0. The standard InChI is InChI=1S/C13H16N2O4S/c1-9-6-11(4-5-12(9)18-3)20(16,17)15-8-13-14-7-10(2)19-13/h4-7,15H,8H2,1-3H3. The highest BCUT2D eigenvalue weighted by atomic mass is 32.2. The van der Waals surface area contributed by atoms with Crippen LogP contribution in [0.3, 0.4) is 0 Å². The zero-order valence-electron chi connectivity index (χ0n) is 11.5. The fraction of sp³-hybridized carbons (Fsp3) is 0.308. The van der Waals surface area contributed by atoms with Gasteiger partial charge in [-0.05, 0) is 37.6 Å². The molecule has 0 unspecified atom stereocenters. The van der Waals surface area contributed by atoms with Crippen molar-refractivity contribution in [1.82, 2.24) is 9.71 Å². The number of nitrogens with one attached hydrogen (secondary N) is 1. The Morgan fingerprint density at radius 1 is 1.35 bits per heavy atom. The van der Waals surface area contributed by atoms with Crippen LogP contribution in [-0.4, -0.2) is 20.5 Å². The lowest BCUT2D eigenvalue weighted by molar-refractivity contribution is 0.411. The Balaban J connectivity index is 2.15. The molecule has 0 atom stereocenters. The second-order valence-electron chi connectivity index (χ2n) is 4.32. The Hall–Kier alpha value is -1.86. The molecule has 0 amide bonds. The van der Waals surface area contributed by atoms with Gasteiger partial charge in [-0.2, -0.15) is 0 Å². The van der Waals surface area contributed by atoms with Gasteiger partial charge in [0.2, 0.25) is 15.9 Å². The third-order valence-corrected chi connectivity index (χ3v) is 4.16. The van der Waals surface area contributed by atoms with Crippen molar-refractivity contribution in [3.05, 3.63) is 41.6 Å². The number of sulfonamides is 1. The first-order valence-electron chi connectivity index (χ1n) is 5.98. The molecule has 2 aromatic rings. The fourth-order valence-corrected chi connectivity index (χ4v) is 2.80. The molecule has 0 aliphatic rings. The number of nitrogens with zero attached hydrogens (tertiary/aromatic N) is 1. The van der Waals surface area contributed by atoms with E-state index in [1.807, 2.05) is 0 Å². The van der Waals surface area contributed by atoms with Gasteiger partial charge in [0.05, 0.1) is 24.7 Å². The van der Waals surface area contributed by atoms with E-state index in [1.54, 1.807) is 39.3 Å². The van der Waals surface area contributed by atoms with Crippen LogP contribution in [0.2, 0.25) is 0 Å². The molecule has 0 aliphatic heterocycles. The molecule has 0 aliphatic carbocycles. The number of hydrogen-bond donors (Lipinski definition) is 1. The molecule has 7 heteroatoms. The first-order valence-corrected chi connectivity index (χ1v) is 7.46. The van der Waals surface area contributed by atoms with Crippen molar-refractivity contribution in [2.45, 2.75) is 25.3 Å². The molecule has 2 rings (SSSR count). The summed E-state index contributed by atoms with van der Waals surface area (Å²) in [6.07, 6.45) is 1.54. The van der Waals surface area contributed by atoms with Gasteiger partial charge in [0.25, 0.3) is 0 Å². The van der Waals surface area contributed by atoms with Crippen LogP contribution in [0.15, 0.2) is 33.7 Å². The molecule has 1 N–H and O–H groups in total. The summed E-state index contributed by atoms with van der Waals surface area (Å²) in [6.45, 7) is 3.55. The van der Waals surface area contributed by atoms with Crippen LogP contribution in [0.25, 0.3) is 0 Å². The maximum absolute atomic E-state index is 12.1. The topological polar surface area (TPSA) is 81.4 Å². The Labute approximate surface area is 117 Å². The predicted molar refractivity (Wildman–Crippen MR) is 73.0 cm³/mol. The van der Waals surface area contributed by atoms with Crippen molar-refractivity contribution >= 4 is 10.0 Å². The monoisotopic (exact) mass is 296 g/mol. The van der Waals surface area contributed by atoms with Crippen LogP contribution in [-0.2, 0) is 16.6 Å². The van der Waals surface area contributed by atoms with Gasteiger partial charge >= 0.3 is 0 Å². The molecule has 1 aromatic heterocycles. The van der Waals surface area contributed by atoms with Crippen molar-refractivity contribution in [2.24, 2.45) is 0 Å². The van der Waals surface area contributed by atoms with E-state index in [0.29, 0.717) is 17.4 Å². The molecule has 1 heterocycles. The van der Waals surface area contributed by atoms with Crippen molar-refractivity contribution in [1.29, 1.82) is 0 Å². The molecule has 1 aromatic carbocycles. The van der Waals surface area contributed by atoms with Gasteiger partial charge in [-0.25, -0.2) is 18.1 Å². The van der Waals surface area contributed by atoms with Gasteiger partial charge in [0.1, 0.15) is 11.5 Å². The molecular formula is C13H16N2O4S. The number of aromatic nitrogens is 1. The average molecular weight is 296 g/mol. The SMILES string of the molecule is COc1ccc(S(=O)(=O)NCc2ncc(C)o2)cc1C. The normalized spacial score (nSPS) is 11.6. The van der Waals surface area contributed by atoms with Crippen LogP contribution in [0, 0.1) is 13.8 Å². The van der Waals surface area contributed by atoms with E-state index in [-0.39, 0.29) is 11.4 Å². The van der Waals surface area contributed by atoms with Crippen LogP contribution in [0.5, 0.6) is 5.75 Å². The van der Waals surface area contributed by atoms with E-state index in [4.69, 9.17) is 9.15 Å². The first kappa shape index (κ1) is 14.5. The number of hydrogen-bond acceptors (Lipinski definition) is 5. The number of ether oxygens (including phenoxy) is 1. The van der Waals surface area contributed by atoms with E-state index < -0.39 is 10.0 Å². The Kier molecular flexibility index (Phi) is 4.10. The summed E-state index contributed by atoms with van der Waals surface area (Å²) in [5.41, 5.74) is 0.752. The lowest BCUT2D eigenvalue weighted by Crippen LogP contribution is -2.23. The molecule has 0 radical (unpaired) electrons. The molecule has 0 fully saturated rings. The van der Waals surface area contributed by atoms with Gasteiger partial charge in [-0.3, -0.25) is 0 Å². The summed E-state index contributed by atoms with van der Waals surface area (Å²) in [6, 6.07) is 4.68. The smallest absolute Gasteiger partial charge is 0.241 e. The number of oxazole rings is 1. The quantitative estimate of drug-likeness (QED) is 0.909. The number of methoxy groups -OCH3 is 1. The van der Waals surface area contributed by atoms with Gasteiger partial charge in [0, 0.05) is 0 Å². The number of benzene rings is 1. The summed E-state index contributed by atoms with van der Waals surface area (Å²) in [5, 5.41) is 0. The maximum Gasteiger partial charge on any atom is 0.241 e. The predicted octanol–water partition coefficient (Wildman–Crippen LogP) is 1.78. The number of rotatable bonds is 5. The minimum atomic E-state index is -3.60. The maximum atomic E-state index is 12.1. The van der Waals surface area contributed by atoms with Crippen molar-refractivity contribution < 1.29 is 17.6 Å². The fourth-order valence-electron chi connectivity index (χ4n) is 1.74. The second-order valence-corrected chi connectivity index (χ2v) is 6.09. The highest BCUT2D eigenvalue weighted by Gasteiger charge is 2.16. The van der Waals surface area contributed by atoms with Gasteiger partial charge in [-0.15, -0.1) is 0 Å². The van der Waals surface area contributed by atoms with Gasteiger partial charge in [-0.1, -0.05) is 0 Å². The molecule has 0 saturated heterocycles. The van der Waals surface area contributed by atoms with Crippen molar-refractivity contribution in [3.63, 3.8) is 0 Å². The lowest BCUT2D eigenvalue weighted by Gasteiger charge is -2.08. The number of aryl methyl sites for hydroxylation is 2. The average Bonchev–Trinajstić information content (AvgIpc) is 2.82. The van der Waals surface area contributed by atoms with E-state index in [9.17, 15) is 8.42 Å². The van der Waals surface area contributed by atoms with Crippen LogP contribution < -0.4 is 9.46 Å². The molecule has 108 valence electrons. The van der Waals surface area contributed by atoms with Crippen LogP contribution >= 0.6 is 0 Å². The highest BCUT2D eigenvalue weighted by molar-refractivity contribution is 7.89. The Morgan fingerprint density at radius 3 is 2.65 bits per heavy atom. The first-order chi connectivity index (χ1) is 9.42. The second kappa shape index (κ2) is 5.64. The summed E-state index contributed by atoms with van der Waals surface area (Å²) in [7, 11) is -2.06. The minimum Gasteiger partial charge on any atom is -0.496 e. The van der Waals surface area contributed by atoms with Crippen LogP contribution in [0.4, 0.5) is 0 Å². The molecule has 0 saturated carbocycles. The Morgan fingerprint density at radius 2 is 2.10 bits per heavy atom. The van der Waals surface area contributed by atoms with Crippen molar-refractivity contribution in [3.8, 4) is 5.75 Å². The molecule has 0 bridgehead atoms. The zero-order valence-corrected chi connectivity index (χ0v) is 12.3. The van der Waals surface area contributed by atoms with Gasteiger partial charge in [0.15, 0.2) is 0 Å². The molecular weight excluding hydrogens is 280 g/mol. The van der Waals surface area contributed by atoms with E-state index in [2.05, 4.69) is 9.71 Å². The molecule has 6 nitrogen and oxygen atoms in total. The molecule has 20 heavy (non-hydrogen) atoms. The van der Waals surface area contributed by atoms with E-state index in [1.165, 1.54) is 6.07 Å². The summed E-state index contributed by atoms with van der Waals surface area (Å²) in [4.78, 5) is 4.12. The lowest BCUT2D eigenvalue weighted by atomic mass is 10.2. The van der Waals surface area contributed by atoms with E-state index >= 15 is 0 Å². The minimum absolute atomic E-state index is 0.0151. The summed E-state index contributed by atoms with van der Waals surface area (Å²) < 4.78 is 37.1. The van der Waals surface area contributed by atoms with Crippen LogP contribution in [0.1, 0.15) is 17.2 Å². The zero-order chi connectivity index (χ0) is 14.8.